The minimum atomic E-state index is -0.617. The number of nitro benzene ring substituents is 1. The number of nitrogens with zero attached hydrogens (tertiary/aromatic N) is 1. The third-order valence-electron chi connectivity index (χ3n) is 3.32. The molecule has 0 saturated carbocycles. The van der Waals surface area contributed by atoms with E-state index in [1.807, 2.05) is 32.0 Å². The minimum Gasteiger partial charge on any atom is -0.272 e. The van der Waals surface area contributed by atoms with Crippen molar-refractivity contribution >= 4 is 29.3 Å². The third kappa shape index (κ3) is 5.32. The zero-order valence-corrected chi connectivity index (χ0v) is 14.6. The van der Waals surface area contributed by atoms with Gasteiger partial charge in [0, 0.05) is 22.6 Å². The lowest BCUT2D eigenvalue weighted by Gasteiger charge is -2.09. The van der Waals surface area contributed by atoms with Gasteiger partial charge in [0.1, 0.15) is 0 Å². The topological polar surface area (TPSA) is 101 Å². The molecule has 8 heteroatoms. The maximum Gasteiger partial charge on any atom is 0.270 e. The number of amides is 2. The van der Waals surface area contributed by atoms with E-state index in [4.69, 9.17) is 0 Å². The van der Waals surface area contributed by atoms with Crippen molar-refractivity contribution in [1.82, 2.24) is 10.9 Å². The van der Waals surface area contributed by atoms with Crippen molar-refractivity contribution in [1.29, 1.82) is 0 Å². The highest BCUT2D eigenvalue weighted by Gasteiger charge is 2.12. The summed E-state index contributed by atoms with van der Waals surface area (Å²) in [6.45, 7) is 3.97. The second-order valence-corrected chi connectivity index (χ2v) is 6.38. The lowest BCUT2D eigenvalue weighted by Crippen LogP contribution is -2.42. The van der Waals surface area contributed by atoms with Gasteiger partial charge in [-0.1, -0.05) is 23.8 Å². The summed E-state index contributed by atoms with van der Waals surface area (Å²) in [7, 11) is 0. The quantitative estimate of drug-likeness (QED) is 0.486. The molecule has 2 aromatic rings. The predicted molar refractivity (Wildman–Crippen MR) is 95.3 cm³/mol. The monoisotopic (exact) mass is 359 g/mol. The predicted octanol–water partition coefficient (Wildman–Crippen LogP) is 2.76. The molecule has 0 heterocycles. The Morgan fingerprint density at radius 2 is 1.88 bits per heavy atom. The largest absolute Gasteiger partial charge is 0.272 e. The van der Waals surface area contributed by atoms with E-state index in [1.165, 1.54) is 30.0 Å². The van der Waals surface area contributed by atoms with Crippen molar-refractivity contribution in [2.24, 2.45) is 0 Å². The summed E-state index contributed by atoms with van der Waals surface area (Å²) in [6.07, 6.45) is 0. The Kier molecular flexibility index (Phi) is 6.13. The highest BCUT2D eigenvalue weighted by molar-refractivity contribution is 8.00. The fourth-order valence-electron chi connectivity index (χ4n) is 2.10. The second kappa shape index (κ2) is 8.29. The molecule has 0 aliphatic heterocycles. The summed E-state index contributed by atoms with van der Waals surface area (Å²) in [6, 6.07) is 11.2. The zero-order valence-electron chi connectivity index (χ0n) is 13.7. The molecule has 0 aliphatic carbocycles. The maximum absolute atomic E-state index is 11.9. The summed E-state index contributed by atoms with van der Waals surface area (Å²) in [4.78, 5) is 34.9. The molecule has 7 nitrogen and oxygen atoms in total. The molecule has 0 radical (unpaired) electrons. The number of nitro groups is 1. The van der Waals surface area contributed by atoms with Crippen LogP contribution >= 0.6 is 11.8 Å². The third-order valence-corrected chi connectivity index (χ3v) is 4.50. The van der Waals surface area contributed by atoms with Gasteiger partial charge in [-0.25, -0.2) is 0 Å². The van der Waals surface area contributed by atoms with Gasteiger partial charge in [-0.05, 0) is 31.5 Å². The Hall–Kier alpha value is -2.87. The van der Waals surface area contributed by atoms with Crippen molar-refractivity contribution in [3.05, 3.63) is 69.3 Å². The standard InChI is InChI=1S/C17H17N3O4S/c1-11-6-7-15(12(2)8-11)25-10-16(21)18-19-17(22)13-4-3-5-14(9-13)20(23)24/h3-9H,10H2,1-2H3,(H,18,21)(H,19,22). The fraction of sp³-hybridized carbons (Fsp3) is 0.176. The number of hydrazine groups is 1. The number of hydrogen-bond acceptors (Lipinski definition) is 5. The lowest BCUT2D eigenvalue weighted by atomic mass is 10.2. The Morgan fingerprint density at radius 3 is 2.56 bits per heavy atom. The van der Waals surface area contributed by atoms with Crippen LogP contribution in [0.5, 0.6) is 0 Å². The van der Waals surface area contributed by atoms with Crippen molar-refractivity contribution in [3.8, 4) is 0 Å². The normalized spacial score (nSPS) is 10.2. The van der Waals surface area contributed by atoms with Crippen LogP contribution in [0, 0.1) is 24.0 Å². The van der Waals surface area contributed by atoms with E-state index in [-0.39, 0.29) is 22.9 Å². The first-order valence-corrected chi connectivity index (χ1v) is 8.39. The van der Waals surface area contributed by atoms with Crippen LogP contribution in [0.15, 0.2) is 47.4 Å². The lowest BCUT2D eigenvalue weighted by molar-refractivity contribution is -0.384. The molecule has 2 amide bonds. The van der Waals surface area contributed by atoms with Gasteiger partial charge in [-0.15, -0.1) is 11.8 Å². The van der Waals surface area contributed by atoms with Gasteiger partial charge in [0.2, 0.25) is 5.91 Å². The number of rotatable bonds is 5. The van der Waals surface area contributed by atoms with Crippen molar-refractivity contribution < 1.29 is 14.5 Å². The highest BCUT2D eigenvalue weighted by atomic mass is 32.2. The number of nitrogens with one attached hydrogen (secondary N) is 2. The molecule has 0 spiro atoms. The average molecular weight is 359 g/mol. The molecular weight excluding hydrogens is 342 g/mol. The van der Waals surface area contributed by atoms with Gasteiger partial charge in [0.15, 0.2) is 0 Å². The van der Waals surface area contributed by atoms with Crippen LogP contribution in [0.2, 0.25) is 0 Å². The van der Waals surface area contributed by atoms with E-state index in [0.29, 0.717) is 0 Å². The SMILES string of the molecule is Cc1ccc(SCC(=O)NNC(=O)c2cccc([N+](=O)[O-])c2)c(C)c1. The number of hydrogen-bond donors (Lipinski definition) is 2. The molecule has 2 aromatic carbocycles. The molecule has 2 rings (SSSR count). The van der Waals surface area contributed by atoms with E-state index in [0.717, 1.165) is 22.1 Å². The number of aryl methyl sites for hydroxylation is 2. The number of non-ortho nitro benzene ring substituents is 1. The second-order valence-electron chi connectivity index (χ2n) is 5.37. The number of thioether (sulfide) groups is 1. The summed E-state index contributed by atoms with van der Waals surface area (Å²) in [5, 5.41) is 10.7. The van der Waals surface area contributed by atoms with E-state index in [2.05, 4.69) is 10.9 Å². The van der Waals surface area contributed by atoms with Crippen LogP contribution in [-0.2, 0) is 4.79 Å². The highest BCUT2D eigenvalue weighted by Crippen LogP contribution is 2.22. The molecule has 0 unspecified atom stereocenters. The van der Waals surface area contributed by atoms with Crippen LogP contribution < -0.4 is 10.9 Å². The van der Waals surface area contributed by atoms with Crippen LogP contribution in [0.25, 0.3) is 0 Å². The fourth-order valence-corrected chi connectivity index (χ4v) is 2.91. The minimum absolute atomic E-state index is 0.0940. The van der Waals surface area contributed by atoms with Gasteiger partial charge in [-0.2, -0.15) is 0 Å². The zero-order chi connectivity index (χ0) is 18.4. The summed E-state index contributed by atoms with van der Waals surface area (Å²) >= 11 is 1.37. The van der Waals surface area contributed by atoms with Crippen LogP contribution in [0.1, 0.15) is 21.5 Å². The van der Waals surface area contributed by atoms with Gasteiger partial charge in [0.05, 0.1) is 10.7 Å². The Labute approximate surface area is 148 Å². The maximum atomic E-state index is 11.9. The van der Waals surface area contributed by atoms with Crippen molar-refractivity contribution in [3.63, 3.8) is 0 Å². The van der Waals surface area contributed by atoms with Gasteiger partial charge < -0.3 is 0 Å². The molecule has 0 fully saturated rings. The Bertz CT molecular complexity index is 823. The molecule has 0 aromatic heterocycles. The van der Waals surface area contributed by atoms with Gasteiger partial charge >= 0.3 is 0 Å². The number of carbonyl (C=O) groups is 2. The van der Waals surface area contributed by atoms with E-state index >= 15 is 0 Å². The first-order chi connectivity index (χ1) is 11.9. The van der Waals surface area contributed by atoms with Gasteiger partial charge in [0.25, 0.3) is 11.6 Å². The summed E-state index contributed by atoms with van der Waals surface area (Å²) in [5.74, 6) is -0.851. The molecule has 130 valence electrons. The van der Waals surface area contributed by atoms with E-state index < -0.39 is 10.8 Å². The smallest absolute Gasteiger partial charge is 0.270 e. The van der Waals surface area contributed by atoms with Crippen LogP contribution in [-0.4, -0.2) is 22.5 Å². The molecular formula is C17H17N3O4S. The summed E-state index contributed by atoms with van der Waals surface area (Å²) < 4.78 is 0. The number of carbonyl (C=O) groups excluding carboxylic acids is 2. The van der Waals surface area contributed by atoms with Crippen LogP contribution in [0.3, 0.4) is 0 Å². The first-order valence-electron chi connectivity index (χ1n) is 7.40. The molecule has 0 bridgehead atoms. The van der Waals surface area contributed by atoms with Crippen molar-refractivity contribution in [2.75, 3.05) is 5.75 Å². The average Bonchev–Trinajstić information content (AvgIpc) is 2.59. The van der Waals surface area contributed by atoms with Crippen LogP contribution in [0.4, 0.5) is 5.69 Å². The molecule has 2 N–H and O–H groups in total. The Morgan fingerprint density at radius 1 is 1.12 bits per heavy atom. The van der Waals surface area contributed by atoms with Gasteiger partial charge in [-0.3, -0.25) is 30.6 Å². The van der Waals surface area contributed by atoms with Crippen molar-refractivity contribution in [2.45, 2.75) is 18.7 Å². The Balaban J connectivity index is 1.86. The number of benzene rings is 2. The molecule has 0 saturated heterocycles. The molecule has 25 heavy (non-hydrogen) atoms. The first kappa shape index (κ1) is 18.5. The molecule has 0 aliphatic rings. The van der Waals surface area contributed by atoms with E-state index in [9.17, 15) is 19.7 Å². The molecule has 0 atom stereocenters. The van der Waals surface area contributed by atoms with E-state index in [1.54, 1.807) is 0 Å². The summed E-state index contributed by atoms with van der Waals surface area (Å²) in [5.41, 5.74) is 6.69.